The van der Waals surface area contributed by atoms with Crippen LogP contribution in [-0.4, -0.2) is 56.3 Å². The number of hydrogen-bond acceptors (Lipinski definition) is 4. The van der Waals surface area contributed by atoms with Gasteiger partial charge in [-0.25, -0.2) is 8.42 Å². The van der Waals surface area contributed by atoms with Gasteiger partial charge in [-0.3, -0.25) is 4.79 Å². The van der Waals surface area contributed by atoms with Gasteiger partial charge >= 0.3 is 0 Å². The maximum atomic E-state index is 13.3. The van der Waals surface area contributed by atoms with Crippen LogP contribution in [0, 0.1) is 0 Å². The van der Waals surface area contributed by atoms with Crippen molar-refractivity contribution in [1.29, 1.82) is 0 Å². The van der Waals surface area contributed by atoms with E-state index in [1.807, 2.05) is 23.1 Å². The quantitative estimate of drug-likeness (QED) is 0.598. The number of sulfonamides is 1. The summed E-state index contributed by atoms with van der Waals surface area (Å²) in [6, 6.07) is 14.6. The zero-order valence-corrected chi connectivity index (χ0v) is 20.4. The average Bonchev–Trinajstić information content (AvgIpc) is 3.31. The number of methoxy groups -OCH3 is 1. The maximum absolute atomic E-state index is 13.3. The second kappa shape index (κ2) is 10.3. The third-order valence-electron chi connectivity index (χ3n) is 7.11. The lowest BCUT2D eigenvalue weighted by atomic mass is 9.96. The van der Waals surface area contributed by atoms with Crippen molar-refractivity contribution in [3.63, 3.8) is 0 Å². The van der Waals surface area contributed by atoms with Crippen LogP contribution in [0.3, 0.4) is 0 Å². The summed E-state index contributed by atoms with van der Waals surface area (Å²) in [5, 5.41) is 0. The zero-order valence-electron chi connectivity index (χ0n) is 19.6. The van der Waals surface area contributed by atoms with Crippen LogP contribution in [0.2, 0.25) is 0 Å². The van der Waals surface area contributed by atoms with Crippen LogP contribution in [0.25, 0.3) is 0 Å². The number of likely N-dealkylation sites (tertiary alicyclic amines) is 1. The van der Waals surface area contributed by atoms with Crippen LogP contribution in [0.4, 0.5) is 0 Å². The fraction of sp³-hybridized carbons (Fsp3) is 0.500. The van der Waals surface area contributed by atoms with E-state index in [1.54, 1.807) is 38.4 Å². The molecule has 1 heterocycles. The van der Waals surface area contributed by atoms with Crippen LogP contribution < -0.4 is 4.74 Å². The molecule has 0 spiro atoms. The van der Waals surface area contributed by atoms with E-state index in [1.165, 1.54) is 10.7 Å². The first-order valence-electron chi connectivity index (χ1n) is 11.9. The Bertz CT molecular complexity index is 1060. The molecule has 1 aliphatic carbocycles. The predicted molar refractivity (Wildman–Crippen MR) is 129 cm³/mol. The van der Waals surface area contributed by atoms with E-state index in [4.69, 9.17) is 4.74 Å². The topological polar surface area (TPSA) is 66.9 Å². The highest BCUT2D eigenvalue weighted by Gasteiger charge is 2.31. The van der Waals surface area contributed by atoms with E-state index >= 15 is 0 Å². The molecule has 0 aromatic heterocycles. The van der Waals surface area contributed by atoms with Gasteiger partial charge in [0.25, 0.3) is 5.91 Å². The van der Waals surface area contributed by atoms with Gasteiger partial charge in [-0.05, 0) is 74.1 Å². The lowest BCUT2D eigenvalue weighted by molar-refractivity contribution is 0.0736. The lowest BCUT2D eigenvalue weighted by Crippen LogP contribution is -2.38. The molecule has 2 aliphatic rings. The summed E-state index contributed by atoms with van der Waals surface area (Å²) in [5.74, 6) is 0.781. The van der Waals surface area contributed by atoms with Crippen LogP contribution >= 0.6 is 0 Å². The lowest BCUT2D eigenvalue weighted by Gasteiger charge is -2.30. The molecule has 2 fully saturated rings. The Kier molecular flexibility index (Phi) is 7.39. The largest absolute Gasteiger partial charge is 0.497 e. The van der Waals surface area contributed by atoms with Crippen molar-refractivity contribution in [1.82, 2.24) is 9.21 Å². The van der Waals surface area contributed by atoms with Crippen molar-refractivity contribution in [2.75, 3.05) is 20.7 Å². The van der Waals surface area contributed by atoms with Gasteiger partial charge < -0.3 is 9.64 Å². The van der Waals surface area contributed by atoms with Crippen molar-refractivity contribution < 1.29 is 17.9 Å². The Morgan fingerprint density at radius 2 is 1.76 bits per heavy atom. The van der Waals surface area contributed by atoms with Gasteiger partial charge in [0.1, 0.15) is 5.75 Å². The highest BCUT2D eigenvalue weighted by Crippen LogP contribution is 2.28. The summed E-state index contributed by atoms with van der Waals surface area (Å²) in [7, 11) is -0.229. The SMILES string of the molecule is COc1cccc(CC2CCCN2C(=O)c2ccc(S(=O)(=O)N(C)C3CCCCC3)cc2)c1. The number of carbonyl (C=O) groups is 1. The van der Waals surface area contributed by atoms with E-state index < -0.39 is 10.0 Å². The molecule has 2 aromatic rings. The van der Waals surface area contributed by atoms with Gasteiger partial charge in [0, 0.05) is 31.2 Å². The average molecular weight is 471 g/mol. The second-order valence-electron chi connectivity index (χ2n) is 9.19. The Morgan fingerprint density at radius 1 is 1.03 bits per heavy atom. The predicted octanol–water partition coefficient (Wildman–Crippen LogP) is 4.50. The Hall–Kier alpha value is -2.38. The maximum Gasteiger partial charge on any atom is 0.254 e. The van der Waals surface area contributed by atoms with E-state index in [-0.39, 0.29) is 22.9 Å². The first-order valence-corrected chi connectivity index (χ1v) is 13.4. The molecule has 33 heavy (non-hydrogen) atoms. The molecule has 1 atom stereocenters. The summed E-state index contributed by atoms with van der Waals surface area (Å²) in [6.07, 6.45) is 7.86. The molecule has 7 heteroatoms. The molecule has 1 amide bonds. The fourth-order valence-corrected chi connectivity index (χ4v) is 6.55. The number of rotatable bonds is 7. The first-order chi connectivity index (χ1) is 15.9. The number of benzene rings is 2. The van der Waals surface area contributed by atoms with E-state index in [0.717, 1.165) is 62.8 Å². The van der Waals surface area contributed by atoms with Gasteiger partial charge in [-0.2, -0.15) is 4.31 Å². The normalized spacial score (nSPS) is 19.7. The molecular weight excluding hydrogens is 436 g/mol. The van der Waals surface area contributed by atoms with Crippen molar-refractivity contribution in [2.45, 2.75) is 68.3 Å². The van der Waals surface area contributed by atoms with Crippen molar-refractivity contribution in [3.8, 4) is 5.75 Å². The zero-order chi connectivity index (χ0) is 23.4. The molecule has 1 aliphatic heterocycles. The molecule has 1 saturated carbocycles. The van der Waals surface area contributed by atoms with E-state index in [9.17, 15) is 13.2 Å². The monoisotopic (exact) mass is 470 g/mol. The molecule has 6 nitrogen and oxygen atoms in total. The fourth-order valence-electron chi connectivity index (χ4n) is 5.13. The summed E-state index contributed by atoms with van der Waals surface area (Å²) < 4.78 is 33.0. The Labute approximate surface area is 197 Å². The third-order valence-corrected chi connectivity index (χ3v) is 9.03. The van der Waals surface area contributed by atoms with Crippen LogP contribution in [0.5, 0.6) is 5.75 Å². The molecule has 178 valence electrons. The van der Waals surface area contributed by atoms with Gasteiger partial charge in [0.15, 0.2) is 0 Å². The third kappa shape index (κ3) is 5.25. The summed E-state index contributed by atoms with van der Waals surface area (Å²) in [6.45, 7) is 0.720. The molecule has 1 saturated heterocycles. The Morgan fingerprint density at radius 3 is 2.45 bits per heavy atom. The van der Waals surface area contributed by atoms with E-state index in [2.05, 4.69) is 6.07 Å². The molecule has 0 N–H and O–H groups in total. The molecular formula is C26H34N2O4S. The summed E-state index contributed by atoms with van der Waals surface area (Å²) in [5.41, 5.74) is 1.68. The van der Waals surface area contributed by atoms with Crippen molar-refractivity contribution in [3.05, 3.63) is 59.7 Å². The second-order valence-corrected chi connectivity index (χ2v) is 11.2. The number of carbonyl (C=O) groups excluding carboxylic acids is 1. The smallest absolute Gasteiger partial charge is 0.254 e. The number of ether oxygens (including phenoxy) is 1. The standard InChI is InChI=1S/C26H34N2O4S/c1-27(22-9-4-3-5-10-22)33(30,31)25-15-13-21(14-16-25)26(29)28-17-7-11-23(28)18-20-8-6-12-24(19-20)32-2/h6,8,12-16,19,22-23H,3-5,7,9-11,17-18H2,1-2H3. The molecule has 2 aromatic carbocycles. The van der Waals surface area contributed by atoms with Crippen molar-refractivity contribution in [2.24, 2.45) is 0 Å². The van der Waals surface area contributed by atoms with Crippen LogP contribution in [0.15, 0.2) is 53.4 Å². The molecule has 0 bridgehead atoms. The van der Waals surface area contributed by atoms with Gasteiger partial charge in [-0.1, -0.05) is 31.4 Å². The summed E-state index contributed by atoms with van der Waals surface area (Å²) >= 11 is 0. The highest BCUT2D eigenvalue weighted by atomic mass is 32.2. The van der Waals surface area contributed by atoms with Crippen molar-refractivity contribution >= 4 is 15.9 Å². The highest BCUT2D eigenvalue weighted by molar-refractivity contribution is 7.89. The number of amides is 1. The molecule has 4 rings (SSSR count). The minimum atomic E-state index is -3.56. The van der Waals surface area contributed by atoms with Gasteiger partial charge in [0.2, 0.25) is 10.0 Å². The summed E-state index contributed by atoms with van der Waals surface area (Å²) in [4.78, 5) is 15.4. The van der Waals surface area contributed by atoms with Gasteiger partial charge in [-0.15, -0.1) is 0 Å². The van der Waals surface area contributed by atoms with Crippen LogP contribution in [-0.2, 0) is 16.4 Å². The minimum absolute atomic E-state index is 0.0371. The molecule has 1 unspecified atom stereocenters. The molecule has 0 radical (unpaired) electrons. The Balaban J connectivity index is 1.46. The minimum Gasteiger partial charge on any atom is -0.497 e. The van der Waals surface area contributed by atoms with E-state index in [0.29, 0.717) is 5.56 Å². The van der Waals surface area contributed by atoms with Gasteiger partial charge in [0.05, 0.1) is 12.0 Å². The number of nitrogens with zero attached hydrogens (tertiary/aromatic N) is 2. The number of hydrogen-bond donors (Lipinski definition) is 0. The van der Waals surface area contributed by atoms with Crippen LogP contribution in [0.1, 0.15) is 60.9 Å². The first kappa shape index (κ1) is 23.8.